The molecule has 1 aliphatic heterocycles. The summed E-state index contributed by atoms with van der Waals surface area (Å²) in [5.74, 6) is 0.757. The first-order valence-corrected chi connectivity index (χ1v) is 11.3. The second-order valence-electron chi connectivity index (χ2n) is 6.51. The van der Waals surface area contributed by atoms with Crippen LogP contribution in [-0.4, -0.2) is 57.8 Å². The molecule has 1 aliphatic rings. The van der Waals surface area contributed by atoms with Gasteiger partial charge >= 0.3 is 0 Å². The number of benzene rings is 1. The molecule has 29 heavy (non-hydrogen) atoms. The zero-order valence-corrected chi connectivity index (χ0v) is 17.8. The number of nitrogen functional groups attached to an aromatic ring is 1. The van der Waals surface area contributed by atoms with Gasteiger partial charge in [0.15, 0.2) is 11.0 Å². The van der Waals surface area contributed by atoms with E-state index >= 15 is 0 Å². The third kappa shape index (κ3) is 5.33. The van der Waals surface area contributed by atoms with Crippen molar-refractivity contribution in [1.29, 1.82) is 0 Å². The van der Waals surface area contributed by atoms with Crippen LogP contribution in [0.4, 0.5) is 10.3 Å². The standard InChI is InChI=1S/C11H7Cl2N5.C6H12FNO2S/c12-7-3-1-6(2-4-7)10-16-9(13)8-5-15-11(14)17-18(8)10;1-11(9,10)8-4-2-3-6(7)5-8/h1-5H,(H2,14,17);6H,2-5H2,1H3. The smallest absolute Gasteiger partial charge is 0.238 e. The van der Waals surface area contributed by atoms with E-state index in [4.69, 9.17) is 28.9 Å². The van der Waals surface area contributed by atoms with Crippen LogP contribution in [0.3, 0.4) is 0 Å². The van der Waals surface area contributed by atoms with E-state index in [1.807, 2.05) is 12.1 Å². The van der Waals surface area contributed by atoms with Crippen LogP contribution in [-0.2, 0) is 10.0 Å². The second-order valence-corrected chi connectivity index (χ2v) is 9.28. The Hall–Kier alpha value is -2.01. The van der Waals surface area contributed by atoms with Crippen LogP contribution in [0.5, 0.6) is 0 Å². The van der Waals surface area contributed by atoms with E-state index in [1.54, 1.807) is 16.6 Å². The number of piperidine rings is 1. The Morgan fingerprint density at radius 1 is 1.24 bits per heavy atom. The molecule has 8 nitrogen and oxygen atoms in total. The molecular formula is C17H19Cl2FN6O2S. The quantitative estimate of drug-likeness (QED) is 0.629. The molecular weight excluding hydrogens is 442 g/mol. The summed E-state index contributed by atoms with van der Waals surface area (Å²) in [6, 6.07) is 7.23. The number of imidazole rings is 1. The molecule has 3 heterocycles. The average Bonchev–Trinajstić information content (AvgIpc) is 2.98. The number of rotatable bonds is 2. The number of hydrogen-bond donors (Lipinski definition) is 1. The Balaban J connectivity index is 0.000000188. The van der Waals surface area contributed by atoms with Crippen molar-refractivity contribution in [3.63, 3.8) is 0 Å². The molecule has 2 N–H and O–H groups in total. The van der Waals surface area contributed by atoms with Gasteiger partial charge in [0.25, 0.3) is 0 Å². The number of halogens is 3. The van der Waals surface area contributed by atoms with Crippen LogP contribution in [0, 0.1) is 0 Å². The van der Waals surface area contributed by atoms with Crippen LogP contribution >= 0.6 is 23.2 Å². The summed E-state index contributed by atoms with van der Waals surface area (Å²) in [7, 11) is -3.17. The van der Waals surface area contributed by atoms with Crippen molar-refractivity contribution in [3.05, 3.63) is 40.6 Å². The molecule has 2 aromatic heterocycles. The maximum Gasteiger partial charge on any atom is 0.238 e. The minimum absolute atomic E-state index is 0.0405. The fourth-order valence-electron chi connectivity index (χ4n) is 2.84. The monoisotopic (exact) mass is 460 g/mol. The van der Waals surface area contributed by atoms with E-state index in [9.17, 15) is 12.8 Å². The fraction of sp³-hybridized carbons (Fsp3) is 0.353. The zero-order chi connectivity index (χ0) is 21.2. The average molecular weight is 461 g/mol. The highest BCUT2D eigenvalue weighted by molar-refractivity contribution is 7.88. The third-order valence-electron chi connectivity index (χ3n) is 4.26. The predicted octanol–water partition coefficient (Wildman–Crippen LogP) is 3.06. The van der Waals surface area contributed by atoms with Crippen LogP contribution < -0.4 is 5.73 Å². The highest BCUT2D eigenvalue weighted by Gasteiger charge is 2.25. The first-order chi connectivity index (χ1) is 13.6. The van der Waals surface area contributed by atoms with Gasteiger partial charge in [0, 0.05) is 23.7 Å². The minimum Gasteiger partial charge on any atom is -0.367 e. The van der Waals surface area contributed by atoms with E-state index in [0.29, 0.717) is 40.9 Å². The van der Waals surface area contributed by atoms with E-state index < -0.39 is 16.2 Å². The summed E-state index contributed by atoms with van der Waals surface area (Å²) < 4.78 is 37.2. The van der Waals surface area contributed by atoms with Gasteiger partial charge in [-0.2, -0.15) is 4.31 Å². The first kappa shape index (κ1) is 21.7. The maximum atomic E-state index is 12.7. The van der Waals surface area contributed by atoms with E-state index in [1.165, 1.54) is 10.5 Å². The van der Waals surface area contributed by atoms with Crippen molar-refractivity contribution in [2.45, 2.75) is 19.0 Å². The normalized spacial score (nSPS) is 17.7. The molecule has 1 unspecified atom stereocenters. The van der Waals surface area contributed by atoms with Crippen LogP contribution in [0.25, 0.3) is 16.9 Å². The minimum atomic E-state index is -3.17. The Bertz CT molecular complexity index is 1110. The van der Waals surface area contributed by atoms with Gasteiger partial charge in [0.05, 0.1) is 12.5 Å². The summed E-state index contributed by atoms with van der Waals surface area (Å²) in [6.07, 6.45) is 2.81. The summed E-state index contributed by atoms with van der Waals surface area (Å²) in [5.41, 5.74) is 7.02. The Morgan fingerprint density at radius 3 is 2.52 bits per heavy atom. The van der Waals surface area contributed by atoms with Gasteiger partial charge in [-0.1, -0.05) is 23.2 Å². The summed E-state index contributed by atoms with van der Waals surface area (Å²) in [4.78, 5) is 8.15. The van der Waals surface area contributed by atoms with Gasteiger partial charge in [-0.05, 0) is 37.1 Å². The van der Waals surface area contributed by atoms with E-state index in [0.717, 1.165) is 11.8 Å². The van der Waals surface area contributed by atoms with E-state index in [2.05, 4.69) is 15.1 Å². The number of nitrogens with two attached hydrogens (primary N) is 1. The lowest BCUT2D eigenvalue weighted by atomic mass is 10.1. The molecule has 4 rings (SSSR count). The number of aromatic nitrogens is 4. The Labute approximate surface area is 177 Å². The van der Waals surface area contributed by atoms with Gasteiger partial charge in [-0.15, -0.1) is 5.10 Å². The molecule has 0 radical (unpaired) electrons. The van der Waals surface area contributed by atoms with Crippen LogP contribution in [0.2, 0.25) is 10.2 Å². The van der Waals surface area contributed by atoms with Crippen LogP contribution in [0.1, 0.15) is 12.8 Å². The molecule has 0 aliphatic carbocycles. The molecule has 1 aromatic carbocycles. The lowest BCUT2D eigenvalue weighted by Gasteiger charge is -2.26. The highest BCUT2D eigenvalue weighted by atomic mass is 35.5. The first-order valence-electron chi connectivity index (χ1n) is 8.67. The molecule has 0 saturated carbocycles. The van der Waals surface area contributed by atoms with Crippen molar-refractivity contribution in [2.24, 2.45) is 0 Å². The van der Waals surface area contributed by atoms with Crippen LogP contribution in [0.15, 0.2) is 30.5 Å². The Morgan fingerprint density at radius 2 is 1.93 bits per heavy atom. The maximum absolute atomic E-state index is 12.7. The van der Waals surface area contributed by atoms with Crippen molar-refractivity contribution in [1.82, 2.24) is 23.9 Å². The number of sulfonamides is 1. The molecule has 3 aromatic rings. The third-order valence-corrected chi connectivity index (χ3v) is 6.06. The molecule has 0 spiro atoms. The van der Waals surface area contributed by atoms with Gasteiger partial charge in [-0.3, -0.25) is 0 Å². The Kier molecular flexibility index (Phi) is 6.57. The lowest BCUT2D eigenvalue weighted by Crippen LogP contribution is -2.39. The largest absolute Gasteiger partial charge is 0.367 e. The molecule has 1 fully saturated rings. The van der Waals surface area contributed by atoms with E-state index in [-0.39, 0.29) is 12.5 Å². The molecule has 0 amide bonds. The van der Waals surface area contributed by atoms with Crippen molar-refractivity contribution >= 4 is 44.7 Å². The predicted molar refractivity (Wildman–Crippen MR) is 111 cm³/mol. The lowest BCUT2D eigenvalue weighted by molar-refractivity contribution is 0.203. The zero-order valence-electron chi connectivity index (χ0n) is 15.5. The summed E-state index contributed by atoms with van der Waals surface area (Å²) >= 11 is 11.9. The van der Waals surface area contributed by atoms with Gasteiger partial charge in [0.2, 0.25) is 16.0 Å². The molecule has 1 saturated heterocycles. The fourth-order valence-corrected chi connectivity index (χ4v) is 4.07. The van der Waals surface area contributed by atoms with Crippen molar-refractivity contribution < 1.29 is 12.8 Å². The number of anilines is 1. The van der Waals surface area contributed by atoms with Crippen molar-refractivity contribution in [3.8, 4) is 11.4 Å². The topological polar surface area (TPSA) is 106 Å². The second kappa shape index (κ2) is 8.78. The summed E-state index contributed by atoms with van der Waals surface area (Å²) in [6.45, 7) is 0.512. The number of hydrogen-bond acceptors (Lipinski definition) is 6. The van der Waals surface area contributed by atoms with Crippen molar-refractivity contribution in [2.75, 3.05) is 25.1 Å². The number of alkyl halides is 1. The molecule has 12 heteroatoms. The molecule has 1 atom stereocenters. The number of nitrogens with zero attached hydrogens (tertiary/aromatic N) is 5. The van der Waals surface area contributed by atoms with Gasteiger partial charge < -0.3 is 5.73 Å². The number of fused-ring (bicyclic) bond motifs is 1. The summed E-state index contributed by atoms with van der Waals surface area (Å²) in [5, 5.41) is 5.08. The van der Waals surface area contributed by atoms with Gasteiger partial charge in [0.1, 0.15) is 11.7 Å². The van der Waals surface area contributed by atoms with Gasteiger partial charge in [-0.25, -0.2) is 27.3 Å². The SMILES string of the molecule is CS(=O)(=O)N1CCCC(F)C1.Nc1ncc2c(Cl)nc(-c3ccc(Cl)cc3)n2n1. The highest BCUT2D eigenvalue weighted by Crippen LogP contribution is 2.25. The molecule has 156 valence electrons. The molecule has 0 bridgehead atoms.